The number of ether oxygens (including phenoxy) is 3. The monoisotopic (exact) mass is 974 g/mol. The SMILES string of the molecule is O=C(CCCCOCCCCC(=S)Cc1ccc2c(c1)C(=O)OC21c2ccc(O)cc2Oc2cc(O)ccc21)c1ccc(-c2csc(-n3[nH]c(-c4ccccc4)c(N=Nc4nccs4)c3=O)n2)cc1. The fraction of sp³-hybridized carbons (Fsp3) is 0.192. The molecule has 0 atom stereocenters. The summed E-state index contributed by atoms with van der Waals surface area (Å²) >= 11 is 8.39. The first-order valence-electron chi connectivity index (χ1n) is 22.3. The number of aromatic nitrogens is 4. The minimum atomic E-state index is -1.30. The van der Waals surface area contributed by atoms with Crippen LogP contribution in [0, 0.1) is 0 Å². The van der Waals surface area contributed by atoms with Gasteiger partial charge >= 0.3 is 11.5 Å². The van der Waals surface area contributed by atoms with Crippen molar-refractivity contribution in [2.75, 3.05) is 13.2 Å². The molecule has 1 spiro atoms. The van der Waals surface area contributed by atoms with E-state index in [1.54, 1.807) is 23.7 Å². The molecule has 14 nitrogen and oxygen atoms in total. The highest BCUT2D eigenvalue weighted by Gasteiger charge is 2.53. The molecule has 10 rings (SSSR count). The van der Waals surface area contributed by atoms with Crippen molar-refractivity contribution in [2.45, 2.75) is 50.5 Å². The second-order valence-electron chi connectivity index (χ2n) is 16.5. The number of thiocarbonyl (C=S) groups is 1. The van der Waals surface area contributed by atoms with E-state index in [9.17, 15) is 24.6 Å². The number of thiazole rings is 2. The lowest BCUT2D eigenvalue weighted by Crippen LogP contribution is -2.32. The third kappa shape index (κ3) is 9.28. The van der Waals surface area contributed by atoms with Crippen molar-refractivity contribution in [3.8, 4) is 50.6 Å². The number of ketones is 1. The molecular weight excluding hydrogens is 933 g/mol. The standard InChI is InChI=1S/C52H42N6O8S3/c59-35-17-20-40-44(28-35)65-45-29-36(60)18-21-41(45)52(40)39-19-12-31(27-38(39)49(63)66-52)26-37(67)10-4-6-23-64-24-7-5-11-43(61)33-15-13-32(14-16-33)42-30-69-51(54-42)58-48(62)47(55-56-50-53-22-25-68-50)46(57-58)34-8-2-1-3-9-34/h1-3,8-9,12-22,25,27-30,57,59-60H,4-7,10-11,23-24,26H2. The highest BCUT2D eigenvalue weighted by molar-refractivity contribution is 7.80. The number of phenolic OH excluding ortho intramolecular Hbond substituents is 2. The molecule has 0 bridgehead atoms. The van der Waals surface area contributed by atoms with E-state index in [0.717, 1.165) is 47.2 Å². The van der Waals surface area contributed by atoms with Crippen LogP contribution in [0.15, 0.2) is 141 Å². The Morgan fingerprint density at radius 2 is 1.51 bits per heavy atom. The van der Waals surface area contributed by atoms with Crippen LogP contribution >= 0.6 is 34.9 Å². The van der Waals surface area contributed by atoms with E-state index in [4.69, 9.17) is 31.4 Å². The van der Waals surface area contributed by atoms with Crippen LogP contribution in [0.5, 0.6) is 23.0 Å². The number of rotatable bonds is 18. The van der Waals surface area contributed by atoms with Crippen LogP contribution in [0.4, 0.5) is 10.8 Å². The van der Waals surface area contributed by atoms with Crippen LogP contribution < -0.4 is 10.3 Å². The quantitative estimate of drug-likeness (QED) is 0.0244. The second kappa shape index (κ2) is 19.7. The number of aromatic amines is 1. The van der Waals surface area contributed by atoms with Gasteiger partial charge < -0.3 is 24.4 Å². The normalized spacial score (nSPS) is 13.2. The summed E-state index contributed by atoms with van der Waals surface area (Å²) in [6, 6.07) is 31.9. The third-order valence-corrected chi connectivity index (χ3v) is 13.8. The number of Topliss-reactive ketones (excluding diaryl/α,β-unsaturated/α-hetero) is 1. The van der Waals surface area contributed by atoms with Gasteiger partial charge in [-0.25, -0.2) is 14.8 Å². The van der Waals surface area contributed by atoms with Crippen molar-refractivity contribution in [2.24, 2.45) is 10.2 Å². The van der Waals surface area contributed by atoms with Crippen LogP contribution in [0.2, 0.25) is 0 Å². The molecule has 69 heavy (non-hydrogen) atoms. The van der Waals surface area contributed by atoms with Crippen LogP contribution in [0.25, 0.3) is 27.6 Å². The molecule has 0 fully saturated rings. The largest absolute Gasteiger partial charge is 0.508 e. The average molecular weight is 975 g/mol. The minimum absolute atomic E-state index is 0.000958. The molecule has 2 aliphatic rings. The fourth-order valence-electron chi connectivity index (χ4n) is 8.59. The number of phenols is 2. The lowest BCUT2D eigenvalue weighted by Gasteiger charge is -2.36. The van der Waals surface area contributed by atoms with Gasteiger partial charge in [0, 0.05) is 88.5 Å². The van der Waals surface area contributed by atoms with Crippen LogP contribution in [0.3, 0.4) is 0 Å². The number of hydrogen-bond donors (Lipinski definition) is 3. The van der Waals surface area contributed by atoms with Crippen molar-refractivity contribution < 1.29 is 34.0 Å². The van der Waals surface area contributed by atoms with E-state index in [1.807, 2.05) is 78.2 Å². The summed E-state index contributed by atoms with van der Waals surface area (Å²) in [7, 11) is 0. The first-order valence-corrected chi connectivity index (χ1v) is 24.4. The Morgan fingerprint density at radius 1 is 0.797 bits per heavy atom. The second-order valence-corrected chi connectivity index (χ2v) is 18.8. The van der Waals surface area contributed by atoms with Crippen LogP contribution in [-0.4, -0.2) is 59.8 Å². The van der Waals surface area contributed by atoms with Crippen LogP contribution in [-0.2, 0) is 21.5 Å². The number of benzene rings is 5. The van der Waals surface area contributed by atoms with Crippen molar-refractivity contribution in [1.82, 2.24) is 19.7 Å². The molecule has 3 N–H and O–H groups in total. The Kier molecular flexibility index (Phi) is 12.9. The van der Waals surface area contributed by atoms with Gasteiger partial charge in [0.05, 0.1) is 17.0 Å². The number of carbonyl (C=O) groups is 2. The summed E-state index contributed by atoms with van der Waals surface area (Å²) in [4.78, 5) is 49.9. The molecule has 0 saturated heterocycles. The molecular formula is C52H42N6O8S3. The van der Waals surface area contributed by atoms with Gasteiger partial charge in [-0.3, -0.25) is 14.7 Å². The number of hydrogen-bond acceptors (Lipinski definition) is 15. The Morgan fingerprint density at radius 3 is 2.22 bits per heavy atom. The summed E-state index contributed by atoms with van der Waals surface area (Å²) in [5, 5.41) is 36.6. The highest BCUT2D eigenvalue weighted by Crippen LogP contribution is 2.57. The number of nitrogens with one attached hydrogen (secondary N) is 1. The Labute approximate surface area is 408 Å². The first-order chi connectivity index (χ1) is 33.6. The smallest absolute Gasteiger partial charge is 0.340 e. The van der Waals surface area contributed by atoms with Gasteiger partial charge in [-0.05, 0) is 72.9 Å². The van der Waals surface area contributed by atoms with Gasteiger partial charge in [-0.15, -0.1) is 32.9 Å². The highest BCUT2D eigenvalue weighted by atomic mass is 32.1. The molecule has 3 aromatic heterocycles. The first kappa shape index (κ1) is 45.3. The van der Waals surface area contributed by atoms with Gasteiger partial charge in [0.1, 0.15) is 23.0 Å². The van der Waals surface area contributed by atoms with E-state index < -0.39 is 11.6 Å². The van der Waals surface area contributed by atoms with Gasteiger partial charge in [0.2, 0.25) is 10.3 Å². The van der Waals surface area contributed by atoms with E-state index in [2.05, 4.69) is 20.3 Å². The zero-order chi connectivity index (χ0) is 47.5. The van der Waals surface area contributed by atoms with E-state index in [1.165, 1.54) is 51.6 Å². The van der Waals surface area contributed by atoms with Crippen LogP contribution in [0.1, 0.15) is 81.5 Å². The fourth-order valence-corrected chi connectivity index (χ4v) is 10.1. The van der Waals surface area contributed by atoms with E-state index >= 15 is 0 Å². The molecule has 0 saturated carbocycles. The molecule has 0 amide bonds. The number of aromatic hydroxyl groups is 2. The molecule has 0 radical (unpaired) electrons. The number of carbonyl (C=O) groups excluding carboxylic acids is 2. The van der Waals surface area contributed by atoms with Crippen molar-refractivity contribution in [3.05, 3.63) is 170 Å². The maximum Gasteiger partial charge on any atom is 0.340 e. The summed E-state index contributed by atoms with van der Waals surface area (Å²) in [6.45, 7) is 1.16. The molecule has 0 aliphatic carbocycles. The molecule has 5 heterocycles. The summed E-state index contributed by atoms with van der Waals surface area (Å²) in [5.41, 5.74) is 5.01. The van der Waals surface area contributed by atoms with Crippen molar-refractivity contribution >= 4 is 62.3 Å². The predicted octanol–water partition coefficient (Wildman–Crippen LogP) is 12.0. The number of H-pyrrole nitrogens is 1. The topological polar surface area (TPSA) is 191 Å². The maximum absolute atomic E-state index is 13.6. The molecule has 5 aromatic carbocycles. The average Bonchev–Trinajstić information content (AvgIpc) is 4.18. The lowest BCUT2D eigenvalue weighted by atomic mass is 9.77. The zero-order valence-corrected chi connectivity index (χ0v) is 39.2. The summed E-state index contributed by atoms with van der Waals surface area (Å²) < 4.78 is 19.5. The number of esters is 1. The number of azo groups is 1. The predicted molar refractivity (Wildman–Crippen MR) is 266 cm³/mol. The number of fused-ring (bicyclic) bond motifs is 6. The number of nitrogens with zero attached hydrogens (tertiary/aromatic N) is 5. The Hall–Kier alpha value is -7.44. The zero-order valence-electron chi connectivity index (χ0n) is 36.8. The number of unbranched alkanes of at least 4 members (excludes halogenated alkanes) is 2. The third-order valence-electron chi connectivity index (χ3n) is 11.9. The van der Waals surface area contributed by atoms with Gasteiger partial charge in [0.25, 0.3) is 0 Å². The van der Waals surface area contributed by atoms with Crippen molar-refractivity contribution in [3.63, 3.8) is 0 Å². The minimum Gasteiger partial charge on any atom is -0.508 e. The van der Waals surface area contributed by atoms with Gasteiger partial charge in [0.15, 0.2) is 17.1 Å². The molecule has 2 aliphatic heterocycles. The van der Waals surface area contributed by atoms with E-state index in [0.29, 0.717) is 93.4 Å². The molecule has 17 heteroatoms. The molecule has 346 valence electrons. The van der Waals surface area contributed by atoms with E-state index in [-0.39, 0.29) is 28.5 Å². The van der Waals surface area contributed by atoms with Crippen molar-refractivity contribution in [1.29, 1.82) is 0 Å². The van der Waals surface area contributed by atoms with Gasteiger partial charge in [-0.2, -0.15) is 4.68 Å². The Balaban J connectivity index is 0.665. The lowest BCUT2D eigenvalue weighted by molar-refractivity contribution is 0.0224. The molecule has 0 unspecified atom stereocenters. The summed E-state index contributed by atoms with van der Waals surface area (Å²) in [6.07, 6.45) is 6.47. The molecule has 8 aromatic rings. The van der Waals surface area contributed by atoms with Gasteiger partial charge in [-0.1, -0.05) is 78.9 Å². The maximum atomic E-state index is 13.6. The Bertz CT molecular complexity index is 3260. The summed E-state index contributed by atoms with van der Waals surface area (Å²) in [5.74, 6) is 0.238.